The molecule has 94 valence electrons. The van der Waals surface area contributed by atoms with Gasteiger partial charge < -0.3 is 10.1 Å². The molecule has 0 aliphatic carbocycles. The normalized spacial score (nSPS) is 29.0. The first-order chi connectivity index (χ1) is 8.11. The van der Waals surface area contributed by atoms with Crippen LogP contribution in [0.15, 0.2) is 18.3 Å². The highest BCUT2D eigenvalue weighted by atomic mass is 19.1. The maximum Gasteiger partial charge on any atom is 0.212 e. The van der Waals surface area contributed by atoms with E-state index in [1.54, 1.807) is 6.07 Å². The summed E-state index contributed by atoms with van der Waals surface area (Å²) in [6.07, 6.45) is 4.49. The number of nitrogens with one attached hydrogen (secondary N) is 1. The van der Waals surface area contributed by atoms with Crippen molar-refractivity contribution in [3.8, 4) is 0 Å². The number of hydrogen-bond donors (Lipinski definition) is 1. The standard InChI is InChI=1S/C13H19FN2O/c1-3-13(2)8-10(6-7-17-13)16-11-4-5-12(14)15-9-11/h4-5,9-10,16H,3,6-8H2,1-2H3. The summed E-state index contributed by atoms with van der Waals surface area (Å²) >= 11 is 0. The summed E-state index contributed by atoms with van der Waals surface area (Å²) in [6.45, 7) is 5.06. The van der Waals surface area contributed by atoms with E-state index in [0.717, 1.165) is 31.6 Å². The highest BCUT2D eigenvalue weighted by Crippen LogP contribution is 2.29. The smallest absolute Gasteiger partial charge is 0.212 e. The molecule has 1 aliphatic rings. The van der Waals surface area contributed by atoms with Gasteiger partial charge in [-0.2, -0.15) is 4.39 Å². The predicted octanol–water partition coefficient (Wildman–Crippen LogP) is 2.98. The Morgan fingerprint density at radius 3 is 3.06 bits per heavy atom. The predicted molar refractivity (Wildman–Crippen MR) is 65.5 cm³/mol. The largest absolute Gasteiger partial charge is 0.381 e. The average Bonchev–Trinajstić information content (AvgIpc) is 2.32. The third-order valence-electron chi connectivity index (χ3n) is 3.44. The van der Waals surface area contributed by atoms with E-state index in [0.29, 0.717) is 6.04 Å². The number of pyridine rings is 1. The van der Waals surface area contributed by atoms with E-state index in [4.69, 9.17) is 4.74 Å². The highest BCUT2D eigenvalue weighted by molar-refractivity contribution is 5.41. The molecule has 0 radical (unpaired) electrons. The number of nitrogens with zero attached hydrogens (tertiary/aromatic N) is 1. The molecule has 1 aromatic rings. The molecule has 1 fully saturated rings. The van der Waals surface area contributed by atoms with Crippen molar-refractivity contribution < 1.29 is 9.13 Å². The van der Waals surface area contributed by atoms with Crippen LogP contribution in [-0.2, 0) is 4.74 Å². The lowest BCUT2D eigenvalue weighted by Gasteiger charge is -2.38. The molecule has 2 unspecified atom stereocenters. The maximum absolute atomic E-state index is 12.7. The van der Waals surface area contributed by atoms with Crippen LogP contribution in [0.3, 0.4) is 0 Å². The van der Waals surface area contributed by atoms with E-state index in [-0.39, 0.29) is 5.60 Å². The van der Waals surface area contributed by atoms with E-state index in [9.17, 15) is 4.39 Å². The molecule has 0 amide bonds. The Hall–Kier alpha value is -1.16. The van der Waals surface area contributed by atoms with Crippen LogP contribution in [0.4, 0.5) is 10.1 Å². The zero-order valence-corrected chi connectivity index (χ0v) is 10.4. The number of rotatable bonds is 3. The molecule has 0 saturated carbocycles. The van der Waals surface area contributed by atoms with Gasteiger partial charge in [0.15, 0.2) is 0 Å². The second-order valence-corrected chi connectivity index (χ2v) is 4.86. The third-order valence-corrected chi connectivity index (χ3v) is 3.44. The molecule has 3 nitrogen and oxygen atoms in total. The number of halogens is 1. The van der Waals surface area contributed by atoms with Crippen LogP contribution < -0.4 is 5.32 Å². The van der Waals surface area contributed by atoms with Gasteiger partial charge in [0.25, 0.3) is 0 Å². The minimum Gasteiger partial charge on any atom is -0.381 e. The quantitative estimate of drug-likeness (QED) is 0.822. The Morgan fingerprint density at radius 1 is 1.59 bits per heavy atom. The molecule has 0 bridgehead atoms. The van der Waals surface area contributed by atoms with Crippen molar-refractivity contribution in [2.24, 2.45) is 0 Å². The highest BCUT2D eigenvalue weighted by Gasteiger charge is 2.31. The van der Waals surface area contributed by atoms with Gasteiger partial charge in [-0.25, -0.2) is 4.98 Å². The zero-order chi connectivity index (χ0) is 12.3. The van der Waals surface area contributed by atoms with Gasteiger partial charge in [0, 0.05) is 12.6 Å². The molecular weight excluding hydrogens is 219 g/mol. The molecule has 1 saturated heterocycles. The summed E-state index contributed by atoms with van der Waals surface area (Å²) in [7, 11) is 0. The zero-order valence-electron chi connectivity index (χ0n) is 10.4. The molecule has 2 atom stereocenters. The van der Waals surface area contributed by atoms with Crippen LogP contribution in [0.1, 0.15) is 33.1 Å². The lowest BCUT2D eigenvalue weighted by atomic mass is 9.90. The summed E-state index contributed by atoms with van der Waals surface area (Å²) in [6, 6.07) is 3.47. The van der Waals surface area contributed by atoms with Crippen LogP contribution in [-0.4, -0.2) is 23.2 Å². The summed E-state index contributed by atoms with van der Waals surface area (Å²) in [4.78, 5) is 3.64. The molecule has 0 aromatic carbocycles. The molecule has 4 heteroatoms. The summed E-state index contributed by atoms with van der Waals surface area (Å²) in [5, 5.41) is 3.39. The minimum atomic E-state index is -0.444. The summed E-state index contributed by atoms with van der Waals surface area (Å²) < 4.78 is 18.5. The van der Waals surface area contributed by atoms with E-state index in [1.165, 1.54) is 12.3 Å². The molecular formula is C13H19FN2O. The van der Waals surface area contributed by atoms with Crippen molar-refractivity contribution in [3.05, 3.63) is 24.3 Å². The van der Waals surface area contributed by atoms with Crippen molar-refractivity contribution in [1.29, 1.82) is 0 Å². The van der Waals surface area contributed by atoms with Gasteiger partial charge in [-0.05, 0) is 38.3 Å². The summed E-state index contributed by atoms with van der Waals surface area (Å²) in [5.41, 5.74) is 0.834. The second-order valence-electron chi connectivity index (χ2n) is 4.86. The Balaban J connectivity index is 1.97. The van der Waals surface area contributed by atoms with Gasteiger partial charge in [0.1, 0.15) is 0 Å². The van der Waals surface area contributed by atoms with Crippen molar-refractivity contribution in [1.82, 2.24) is 4.98 Å². The van der Waals surface area contributed by atoms with Crippen LogP contribution in [0.2, 0.25) is 0 Å². The number of hydrogen-bond acceptors (Lipinski definition) is 3. The molecule has 1 aliphatic heterocycles. The molecule has 1 aromatic heterocycles. The maximum atomic E-state index is 12.7. The van der Waals surface area contributed by atoms with Gasteiger partial charge in [-0.15, -0.1) is 0 Å². The Kier molecular flexibility index (Phi) is 3.62. The van der Waals surface area contributed by atoms with Gasteiger partial charge >= 0.3 is 0 Å². The van der Waals surface area contributed by atoms with Gasteiger partial charge in [0.2, 0.25) is 5.95 Å². The van der Waals surface area contributed by atoms with E-state index in [2.05, 4.69) is 24.1 Å². The molecule has 17 heavy (non-hydrogen) atoms. The van der Waals surface area contributed by atoms with Crippen molar-refractivity contribution in [2.75, 3.05) is 11.9 Å². The first-order valence-corrected chi connectivity index (χ1v) is 6.13. The van der Waals surface area contributed by atoms with E-state index < -0.39 is 5.95 Å². The van der Waals surface area contributed by atoms with Crippen LogP contribution in [0.5, 0.6) is 0 Å². The SMILES string of the molecule is CCC1(C)CC(Nc2ccc(F)nc2)CCO1. The van der Waals surface area contributed by atoms with Gasteiger partial charge in [0.05, 0.1) is 17.5 Å². The number of ether oxygens (including phenoxy) is 1. The van der Waals surface area contributed by atoms with Crippen LogP contribution >= 0.6 is 0 Å². The van der Waals surface area contributed by atoms with E-state index >= 15 is 0 Å². The Bertz CT molecular complexity index is 368. The van der Waals surface area contributed by atoms with Crippen molar-refractivity contribution in [3.63, 3.8) is 0 Å². The third kappa shape index (κ3) is 3.16. The van der Waals surface area contributed by atoms with Crippen LogP contribution in [0, 0.1) is 5.95 Å². The van der Waals surface area contributed by atoms with Crippen molar-refractivity contribution in [2.45, 2.75) is 44.8 Å². The van der Waals surface area contributed by atoms with Gasteiger partial charge in [-0.3, -0.25) is 0 Å². The lowest BCUT2D eigenvalue weighted by molar-refractivity contribution is -0.0708. The molecule has 2 rings (SSSR count). The number of aromatic nitrogens is 1. The van der Waals surface area contributed by atoms with E-state index in [1.807, 2.05) is 0 Å². The van der Waals surface area contributed by atoms with Crippen molar-refractivity contribution >= 4 is 5.69 Å². The molecule has 1 N–H and O–H groups in total. The molecule has 0 spiro atoms. The Morgan fingerprint density at radius 2 is 2.41 bits per heavy atom. The van der Waals surface area contributed by atoms with Crippen LogP contribution in [0.25, 0.3) is 0 Å². The first kappa shape index (κ1) is 12.3. The average molecular weight is 238 g/mol. The number of anilines is 1. The monoisotopic (exact) mass is 238 g/mol. The fourth-order valence-electron chi connectivity index (χ4n) is 2.20. The topological polar surface area (TPSA) is 34.2 Å². The lowest BCUT2D eigenvalue weighted by Crippen LogP contribution is -2.41. The fourth-order valence-corrected chi connectivity index (χ4v) is 2.20. The Labute approximate surface area is 101 Å². The summed E-state index contributed by atoms with van der Waals surface area (Å²) in [5.74, 6) is -0.444. The fraction of sp³-hybridized carbons (Fsp3) is 0.615. The first-order valence-electron chi connectivity index (χ1n) is 6.13. The minimum absolute atomic E-state index is 0.0383. The molecule has 2 heterocycles. The second kappa shape index (κ2) is 5.00. The van der Waals surface area contributed by atoms with Gasteiger partial charge in [-0.1, -0.05) is 6.92 Å².